The summed E-state index contributed by atoms with van der Waals surface area (Å²) in [7, 11) is 1.32. The van der Waals surface area contributed by atoms with E-state index in [-0.39, 0.29) is 11.8 Å². The summed E-state index contributed by atoms with van der Waals surface area (Å²) in [4.78, 5) is 25.3. The molecule has 0 aliphatic carbocycles. The van der Waals surface area contributed by atoms with Gasteiger partial charge in [-0.2, -0.15) is 5.10 Å². The van der Waals surface area contributed by atoms with E-state index in [1.807, 2.05) is 74.5 Å². The van der Waals surface area contributed by atoms with Gasteiger partial charge >= 0.3 is 5.97 Å². The quantitative estimate of drug-likeness (QED) is 0.621. The number of esters is 1. The van der Waals surface area contributed by atoms with Crippen LogP contribution < -0.4 is 5.32 Å². The van der Waals surface area contributed by atoms with Crippen molar-refractivity contribution in [3.05, 3.63) is 72.4 Å². The van der Waals surface area contributed by atoms with Gasteiger partial charge in [0.1, 0.15) is 11.7 Å². The van der Waals surface area contributed by atoms with E-state index in [9.17, 15) is 9.59 Å². The first-order chi connectivity index (χ1) is 14.0. The molecule has 0 aliphatic rings. The molecular weight excluding hydrogens is 366 g/mol. The molecule has 0 radical (unpaired) electrons. The van der Waals surface area contributed by atoms with Gasteiger partial charge in [0.2, 0.25) is 0 Å². The van der Waals surface area contributed by atoms with E-state index in [0.717, 1.165) is 11.3 Å². The summed E-state index contributed by atoms with van der Waals surface area (Å²) >= 11 is 0. The standard InChI is InChI=1S/C23H25N3O3/c1-16(2)14-20(23(28)29-3)24-22(27)19-15-26(18-12-8-5-9-13-18)25-21(19)17-10-6-4-7-11-17/h4-13,15-16,20H,14H2,1-3H3,(H,24,27)/t20-/m0/s1. The smallest absolute Gasteiger partial charge is 0.328 e. The number of nitrogens with one attached hydrogen (secondary N) is 1. The van der Waals surface area contributed by atoms with Gasteiger partial charge in [-0.05, 0) is 24.5 Å². The van der Waals surface area contributed by atoms with Gasteiger partial charge in [0.15, 0.2) is 0 Å². The Bertz CT molecular complexity index is 966. The predicted octanol–water partition coefficient (Wildman–Crippen LogP) is 3.86. The van der Waals surface area contributed by atoms with E-state index in [1.165, 1.54) is 7.11 Å². The van der Waals surface area contributed by atoms with Crippen molar-refractivity contribution in [2.45, 2.75) is 26.3 Å². The minimum atomic E-state index is -0.712. The van der Waals surface area contributed by atoms with Crippen LogP contribution >= 0.6 is 0 Å². The van der Waals surface area contributed by atoms with Crippen LogP contribution in [-0.4, -0.2) is 34.8 Å². The Morgan fingerprint density at radius 1 is 1.03 bits per heavy atom. The zero-order valence-electron chi connectivity index (χ0n) is 16.8. The van der Waals surface area contributed by atoms with Crippen LogP contribution in [0.15, 0.2) is 66.9 Å². The van der Waals surface area contributed by atoms with Crippen LogP contribution in [0.5, 0.6) is 0 Å². The van der Waals surface area contributed by atoms with E-state index in [2.05, 4.69) is 10.4 Å². The van der Waals surface area contributed by atoms with Gasteiger partial charge in [0.25, 0.3) is 5.91 Å². The van der Waals surface area contributed by atoms with Gasteiger partial charge < -0.3 is 10.1 Å². The second-order valence-electron chi connectivity index (χ2n) is 7.22. The Morgan fingerprint density at radius 3 is 2.24 bits per heavy atom. The molecule has 1 atom stereocenters. The van der Waals surface area contributed by atoms with Gasteiger partial charge in [-0.15, -0.1) is 0 Å². The third-order valence-corrected chi connectivity index (χ3v) is 4.52. The molecule has 3 aromatic rings. The number of rotatable bonds is 7. The maximum Gasteiger partial charge on any atom is 0.328 e. The van der Waals surface area contributed by atoms with Crippen molar-refractivity contribution in [3.63, 3.8) is 0 Å². The number of carbonyl (C=O) groups is 2. The summed E-state index contributed by atoms with van der Waals surface area (Å²) in [5, 5.41) is 7.47. The van der Waals surface area contributed by atoms with Crippen LogP contribution in [0.4, 0.5) is 0 Å². The van der Waals surface area contributed by atoms with E-state index < -0.39 is 12.0 Å². The van der Waals surface area contributed by atoms with Crippen molar-refractivity contribution in [1.29, 1.82) is 0 Å². The lowest BCUT2D eigenvalue weighted by Crippen LogP contribution is -2.42. The number of benzene rings is 2. The molecule has 0 fully saturated rings. The molecule has 1 aromatic heterocycles. The van der Waals surface area contributed by atoms with E-state index in [0.29, 0.717) is 17.7 Å². The molecule has 6 heteroatoms. The van der Waals surface area contributed by atoms with Crippen LogP contribution in [0.1, 0.15) is 30.6 Å². The molecule has 0 spiro atoms. The average Bonchev–Trinajstić information content (AvgIpc) is 3.19. The van der Waals surface area contributed by atoms with E-state index in [4.69, 9.17) is 4.74 Å². The lowest BCUT2D eigenvalue weighted by molar-refractivity contribution is -0.143. The Balaban J connectivity index is 1.99. The van der Waals surface area contributed by atoms with Gasteiger partial charge in [-0.25, -0.2) is 9.48 Å². The third-order valence-electron chi connectivity index (χ3n) is 4.52. The highest BCUT2D eigenvalue weighted by Crippen LogP contribution is 2.24. The second kappa shape index (κ2) is 9.19. The van der Waals surface area contributed by atoms with Crippen molar-refractivity contribution < 1.29 is 14.3 Å². The highest BCUT2D eigenvalue weighted by atomic mass is 16.5. The number of carbonyl (C=O) groups excluding carboxylic acids is 2. The van der Waals surface area contributed by atoms with Gasteiger partial charge in [0, 0.05) is 11.8 Å². The number of aromatic nitrogens is 2. The molecule has 150 valence electrons. The first kappa shape index (κ1) is 20.3. The SMILES string of the molecule is COC(=O)[C@H](CC(C)C)NC(=O)c1cn(-c2ccccc2)nc1-c1ccccc1. The largest absolute Gasteiger partial charge is 0.467 e. The first-order valence-corrected chi connectivity index (χ1v) is 9.58. The number of para-hydroxylation sites is 1. The Labute approximate surface area is 170 Å². The molecular formula is C23H25N3O3. The fourth-order valence-electron chi connectivity index (χ4n) is 3.13. The molecule has 2 aromatic carbocycles. The van der Waals surface area contributed by atoms with Crippen LogP contribution in [0.3, 0.4) is 0 Å². The Morgan fingerprint density at radius 2 is 1.66 bits per heavy atom. The summed E-state index contributed by atoms with van der Waals surface area (Å²) in [6, 6.07) is 18.4. The monoisotopic (exact) mass is 391 g/mol. The number of amides is 1. The van der Waals surface area contributed by atoms with Gasteiger partial charge in [-0.3, -0.25) is 4.79 Å². The van der Waals surface area contributed by atoms with Crippen molar-refractivity contribution in [3.8, 4) is 16.9 Å². The highest BCUT2D eigenvalue weighted by Gasteiger charge is 2.26. The van der Waals surface area contributed by atoms with Crippen LogP contribution in [0.2, 0.25) is 0 Å². The molecule has 0 aliphatic heterocycles. The summed E-state index contributed by atoms with van der Waals surface area (Å²) in [5.74, 6) is -0.592. The maximum atomic E-state index is 13.1. The fraction of sp³-hybridized carbons (Fsp3) is 0.261. The zero-order chi connectivity index (χ0) is 20.8. The summed E-state index contributed by atoms with van der Waals surface area (Å²) in [5.41, 5.74) is 2.62. The molecule has 0 saturated heterocycles. The molecule has 1 heterocycles. The third kappa shape index (κ3) is 4.90. The molecule has 0 unspecified atom stereocenters. The molecule has 1 N–H and O–H groups in total. The topological polar surface area (TPSA) is 73.2 Å². The Hall–Kier alpha value is -3.41. The number of hydrogen-bond donors (Lipinski definition) is 1. The van der Waals surface area contributed by atoms with E-state index >= 15 is 0 Å². The van der Waals surface area contributed by atoms with Crippen LogP contribution in [0, 0.1) is 5.92 Å². The fourth-order valence-corrected chi connectivity index (χ4v) is 3.13. The van der Waals surface area contributed by atoms with Crippen molar-refractivity contribution in [2.75, 3.05) is 7.11 Å². The molecule has 0 saturated carbocycles. The molecule has 29 heavy (non-hydrogen) atoms. The second-order valence-corrected chi connectivity index (χ2v) is 7.22. The molecule has 1 amide bonds. The summed E-state index contributed by atoms with van der Waals surface area (Å²) < 4.78 is 6.54. The number of ether oxygens (including phenoxy) is 1. The maximum absolute atomic E-state index is 13.1. The summed E-state index contributed by atoms with van der Waals surface area (Å²) in [6.07, 6.45) is 2.18. The number of methoxy groups -OCH3 is 1. The van der Waals surface area contributed by atoms with Crippen molar-refractivity contribution >= 4 is 11.9 Å². The highest BCUT2D eigenvalue weighted by molar-refractivity contribution is 6.01. The average molecular weight is 391 g/mol. The predicted molar refractivity (Wildman–Crippen MR) is 112 cm³/mol. The van der Waals surface area contributed by atoms with Gasteiger partial charge in [-0.1, -0.05) is 62.4 Å². The minimum absolute atomic E-state index is 0.222. The molecule has 6 nitrogen and oxygen atoms in total. The van der Waals surface area contributed by atoms with Crippen molar-refractivity contribution in [2.24, 2.45) is 5.92 Å². The molecule has 0 bridgehead atoms. The zero-order valence-corrected chi connectivity index (χ0v) is 16.8. The van der Waals surface area contributed by atoms with Crippen LogP contribution in [-0.2, 0) is 9.53 Å². The lowest BCUT2D eigenvalue weighted by Gasteiger charge is -2.18. The van der Waals surface area contributed by atoms with Crippen LogP contribution in [0.25, 0.3) is 16.9 Å². The normalized spacial score (nSPS) is 11.9. The van der Waals surface area contributed by atoms with E-state index in [1.54, 1.807) is 10.9 Å². The lowest BCUT2D eigenvalue weighted by atomic mass is 10.0. The van der Waals surface area contributed by atoms with Crippen molar-refractivity contribution in [1.82, 2.24) is 15.1 Å². The summed E-state index contributed by atoms with van der Waals surface area (Å²) in [6.45, 7) is 3.98. The molecule has 3 rings (SSSR count). The Kier molecular flexibility index (Phi) is 6.44. The number of hydrogen-bond acceptors (Lipinski definition) is 4. The first-order valence-electron chi connectivity index (χ1n) is 9.58. The minimum Gasteiger partial charge on any atom is -0.467 e. The van der Waals surface area contributed by atoms with Gasteiger partial charge in [0.05, 0.1) is 18.4 Å². The number of nitrogens with zero attached hydrogens (tertiary/aromatic N) is 2.